The topological polar surface area (TPSA) is 58.1 Å². The molecule has 1 aromatic heterocycles. The van der Waals surface area contributed by atoms with Gasteiger partial charge in [0.1, 0.15) is 29.1 Å². The highest BCUT2D eigenvalue weighted by atomic mass is 35.5. The molecule has 0 aliphatic carbocycles. The number of fused-ring (bicyclic) bond motifs is 1. The second kappa shape index (κ2) is 5.73. The minimum absolute atomic E-state index is 0.0498. The Morgan fingerprint density at radius 2 is 2.23 bits per heavy atom. The lowest BCUT2D eigenvalue weighted by molar-refractivity contribution is 0.0975. The number of thioether (sulfide) groups is 1. The first kappa shape index (κ1) is 15.1. The van der Waals surface area contributed by atoms with E-state index >= 15 is 0 Å². The van der Waals surface area contributed by atoms with Gasteiger partial charge in [-0.3, -0.25) is 9.69 Å². The molecule has 1 amide bonds. The van der Waals surface area contributed by atoms with Gasteiger partial charge < -0.3 is 5.32 Å². The van der Waals surface area contributed by atoms with Crippen LogP contribution in [0, 0.1) is 5.82 Å². The summed E-state index contributed by atoms with van der Waals surface area (Å²) in [6.07, 6.45) is 2.80. The Labute approximate surface area is 135 Å². The number of para-hydroxylation sites is 1. The monoisotopic (exact) mass is 338 g/mol. The van der Waals surface area contributed by atoms with E-state index in [0.29, 0.717) is 11.0 Å². The van der Waals surface area contributed by atoms with Crippen LogP contribution in [0.3, 0.4) is 0 Å². The van der Waals surface area contributed by atoms with Crippen molar-refractivity contribution in [2.75, 3.05) is 16.5 Å². The molecule has 1 aromatic carbocycles. The van der Waals surface area contributed by atoms with Crippen LogP contribution in [-0.2, 0) is 0 Å². The maximum Gasteiger partial charge on any atom is 0.265 e. The van der Waals surface area contributed by atoms with E-state index in [9.17, 15) is 9.18 Å². The number of rotatable bonds is 2. The van der Waals surface area contributed by atoms with Crippen molar-refractivity contribution in [3.8, 4) is 0 Å². The van der Waals surface area contributed by atoms with Crippen LogP contribution in [0.1, 0.15) is 17.3 Å². The number of nitrogens with one attached hydrogen (secondary N) is 1. The van der Waals surface area contributed by atoms with Crippen LogP contribution in [-0.4, -0.2) is 28.3 Å². The fraction of sp³-hybridized carbons (Fsp3) is 0.214. The molecule has 1 aliphatic heterocycles. The van der Waals surface area contributed by atoms with Gasteiger partial charge in [-0.15, -0.1) is 0 Å². The maximum absolute atomic E-state index is 14.1. The standard InChI is InChI=1S/C14H12ClFN4OS/c1-7-18-12-8(6-17-14(19-12)22-2)13(21)20(7)11-9(15)4-3-5-10(11)16/h3-7H,1-2H3,(H,17,18,19). The molecule has 0 bridgehead atoms. The number of halogens is 2. The average molecular weight is 339 g/mol. The zero-order chi connectivity index (χ0) is 15.9. The summed E-state index contributed by atoms with van der Waals surface area (Å²) in [7, 11) is 0. The number of hydrogen-bond acceptors (Lipinski definition) is 5. The summed E-state index contributed by atoms with van der Waals surface area (Å²) in [5, 5.41) is 3.82. The van der Waals surface area contributed by atoms with Crippen molar-refractivity contribution >= 4 is 40.8 Å². The van der Waals surface area contributed by atoms with Gasteiger partial charge in [0.15, 0.2) is 5.16 Å². The van der Waals surface area contributed by atoms with Crippen molar-refractivity contribution in [3.05, 3.63) is 40.8 Å². The maximum atomic E-state index is 14.1. The lowest BCUT2D eigenvalue weighted by atomic mass is 10.1. The Bertz CT molecular complexity index is 737. The Morgan fingerprint density at radius 1 is 1.45 bits per heavy atom. The number of carbonyl (C=O) groups excluding carboxylic acids is 1. The molecule has 1 unspecified atom stereocenters. The predicted octanol–water partition coefficient (Wildman–Crippen LogP) is 3.41. The minimum atomic E-state index is -0.556. The van der Waals surface area contributed by atoms with E-state index in [2.05, 4.69) is 15.3 Å². The SMILES string of the molecule is CSc1ncc2c(n1)NC(C)N(c1c(F)cccc1Cl)C2=O. The van der Waals surface area contributed by atoms with Gasteiger partial charge in [0.25, 0.3) is 5.91 Å². The zero-order valence-corrected chi connectivity index (χ0v) is 13.4. The first-order valence-corrected chi connectivity index (χ1v) is 8.08. The van der Waals surface area contributed by atoms with Gasteiger partial charge in [-0.05, 0) is 25.3 Å². The van der Waals surface area contributed by atoms with E-state index in [1.807, 2.05) is 6.26 Å². The number of nitrogens with zero attached hydrogens (tertiary/aromatic N) is 3. The van der Waals surface area contributed by atoms with Gasteiger partial charge in [-0.1, -0.05) is 29.4 Å². The number of hydrogen-bond donors (Lipinski definition) is 1. The Hall–Kier alpha value is -1.86. The van der Waals surface area contributed by atoms with E-state index in [1.165, 1.54) is 35.0 Å². The molecule has 0 spiro atoms. The van der Waals surface area contributed by atoms with E-state index in [-0.39, 0.29) is 22.2 Å². The van der Waals surface area contributed by atoms with Crippen LogP contribution in [0.2, 0.25) is 5.02 Å². The highest BCUT2D eigenvalue weighted by Crippen LogP contribution is 2.35. The second-order valence-electron chi connectivity index (χ2n) is 4.68. The van der Waals surface area contributed by atoms with Gasteiger partial charge in [-0.2, -0.15) is 0 Å². The molecule has 1 aliphatic rings. The van der Waals surface area contributed by atoms with Crippen molar-refractivity contribution in [1.29, 1.82) is 0 Å². The van der Waals surface area contributed by atoms with Crippen molar-refractivity contribution in [1.82, 2.24) is 9.97 Å². The minimum Gasteiger partial charge on any atom is -0.349 e. The van der Waals surface area contributed by atoms with Gasteiger partial charge in [-0.25, -0.2) is 14.4 Å². The third-order valence-electron chi connectivity index (χ3n) is 3.31. The summed E-state index contributed by atoms with van der Waals surface area (Å²) in [6, 6.07) is 4.31. The van der Waals surface area contributed by atoms with Crippen LogP contribution < -0.4 is 10.2 Å². The van der Waals surface area contributed by atoms with Crippen LogP contribution >= 0.6 is 23.4 Å². The molecule has 8 heteroatoms. The summed E-state index contributed by atoms with van der Waals surface area (Å²) < 4.78 is 14.1. The number of aromatic nitrogens is 2. The lowest BCUT2D eigenvalue weighted by Crippen LogP contribution is -2.48. The fourth-order valence-electron chi connectivity index (χ4n) is 2.31. The number of anilines is 2. The molecule has 114 valence electrons. The van der Waals surface area contributed by atoms with Crippen LogP contribution in [0.5, 0.6) is 0 Å². The Balaban J connectivity index is 2.10. The summed E-state index contributed by atoms with van der Waals surface area (Å²) in [5.41, 5.74) is 0.337. The van der Waals surface area contributed by atoms with Gasteiger partial charge >= 0.3 is 0 Å². The molecular formula is C14H12ClFN4OS. The molecular weight excluding hydrogens is 327 g/mol. The summed E-state index contributed by atoms with van der Waals surface area (Å²) in [5.74, 6) is -0.499. The molecule has 0 radical (unpaired) electrons. The molecule has 22 heavy (non-hydrogen) atoms. The van der Waals surface area contributed by atoms with Crippen LogP contribution in [0.15, 0.2) is 29.6 Å². The predicted molar refractivity (Wildman–Crippen MR) is 85.1 cm³/mol. The van der Waals surface area contributed by atoms with Crippen molar-refractivity contribution < 1.29 is 9.18 Å². The van der Waals surface area contributed by atoms with Crippen molar-refractivity contribution in [2.24, 2.45) is 0 Å². The van der Waals surface area contributed by atoms with E-state index < -0.39 is 12.0 Å². The summed E-state index contributed by atoms with van der Waals surface area (Å²) in [6.45, 7) is 1.74. The molecule has 2 aromatic rings. The quantitative estimate of drug-likeness (QED) is 0.671. The average Bonchev–Trinajstić information content (AvgIpc) is 2.49. The highest BCUT2D eigenvalue weighted by Gasteiger charge is 2.34. The zero-order valence-electron chi connectivity index (χ0n) is 11.8. The van der Waals surface area contributed by atoms with E-state index in [0.717, 1.165) is 0 Å². The largest absolute Gasteiger partial charge is 0.349 e. The molecule has 0 saturated heterocycles. The Kier molecular flexibility index (Phi) is 3.92. The van der Waals surface area contributed by atoms with Gasteiger partial charge in [0, 0.05) is 6.20 Å². The van der Waals surface area contributed by atoms with Crippen molar-refractivity contribution in [3.63, 3.8) is 0 Å². The van der Waals surface area contributed by atoms with Crippen molar-refractivity contribution in [2.45, 2.75) is 18.2 Å². The van der Waals surface area contributed by atoms with E-state index in [1.54, 1.807) is 13.0 Å². The molecule has 1 N–H and O–H groups in total. The van der Waals surface area contributed by atoms with Gasteiger partial charge in [0.2, 0.25) is 0 Å². The van der Waals surface area contributed by atoms with Crippen LogP contribution in [0.25, 0.3) is 0 Å². The molecule has 0 saturated carbocycles. The lowest BCUT2D eigenvalue weighted by Gasteiger charge is -2.35. The first-order chi connectivity index (χ1) is 10.5. The third-order valence-corrected chi connectivity index (χ3v) is 4.18. The number of benzene rings is 1. The van der Waals surface area contributed by atoms with E-state index in [4.69, 9.17) is 11.6 Å². The fourth-order valence-corrected chi connectivity index (χ4v) is 2.91. The molecule has 3 rings (SSSR count). The number of carbonyl (C=O) groups is 1. The normalized spacial score (nSPS) is 17.2. The second-order valence-corrected chi connectivity index (χ2v) is 5.87. The first-order valence-electron chi connectivity index (χ1n) is 6.48. The smallest absolute Gasteiger partial charge is 0.265 e. The number of amides is 1. The Morgan fingerprint density at radius 3 is 2.91 bits per heavy atom. The summed E-state index contributed by atoms with van der Waals surface area (Å²) >= 11 is 7.45. The highest BCUT2D eigenvalue weighted by molar-refractivity contribution is 7.98. The summed E-state index contributed by atoms with van der Waals surface area (Å²) in [4.78, 5) is 22.4. The molecule has 5 nitrogen and oxygen atoms in total. The molecule has 0 fully saturated rings. The molecule has 1 atom stereocenters. The van der Waals surface area contributed by atoms with Crippen LogP contribution in [0.4, 0.5) is 15.9 Å². The van der Waals surface area contributed by atoms with Gasteiger partial charge in [0.05, 0.1) is 5.02 Å². The third kappa shape index (κ3) is 2.40. The molecule has 2 heterocycles.